The van der Waals surface area contributed by atoms with Crippen LogP contribution in [0.1, 0.15) is 20.7 Å². The molecular formula is C19H21NO6. The topological polar surface area (TPSA) is 74.3 Å². The fourth-order valence-electron chi connectivity index (χ4n) is 2.14. The summed E-state index contributed by atoms with van der Waals surface area (Å²) in [6.45, 7) is 0.0331. The molecule has 1 amide bonds. The van der Waals surface area contributed by atoms with Crippen LogP contribution in [0.2, 0.25) is 0 Å². The second-order valence-electron chi connectivity index (χ2n) is 5.56. The van der Waals surface area contributed by atoms with Crippen molar-refractivity contribution in [2.45, 2.75) is 0 Å². The number of methoxy groups -OCH3 is 2. The molecule has 0 heterocycles. The molecule has 0 spiro atoms. The highest BCUT2D eigenvalue weighted by Crippen LogP contribution is 2.28. The number of carbonyl (C=O) groups is 2. The molecule has 26 heavy (non-hydrogen) atoms. The molecule has 0 atom stereocenters. The number of ether oxygens (including phenoxy) is 4. The fraction of sp³-hybridized carbons (Fsp3) is 0.263. The first-order valence-electron chi connectivity index (χ1n) is 7.79. The number of esters is 1. The Hall–Kier alpha value is -3.06. The van der Waals surface area contributed by atoms with Gasteiger partial charge in [0.05, 0.1) is 12.7 Å². The smallest absolute Gasteiger partial charge is 0.338 e. The Labute approximate surface area is 152 Å². The van der Waals surface area contributed by atoms with Gasteiger partial charge >= 0.3 is 5.97 Å². The van der Waals surface area contributed by atoms with Crippen molar-refractivity contribution in [1.29, 1.82) is 0 Å². The van der Waals surface area contributed by atoms with E-state index in [2.05, 4.69) is 0 Å². The van der Waals surface area contributed by atoms with E-state index in [9.17, 15) is 9.59 Å². The van der Waals surface area contributed by atoms with Gasteiger partial charge < -0.3 is 23.8 Å². The Bertz CT molecular complexity index is 770. The number of rotatable bonds is 7. The van der Waals surface area contributed by atoms with E-state index in [4.69, 9.17) is 18.9 Å². The number of carbonyl (C=O) groups excluding carboxylic acids is 2. The highest BCUT2D eigenvalue weighted by molar-refractivity contribution is 5.94. The maximum Gasteiger partial charge on any atom is 0.338 e. The van der Waals surface area contributed by atoms with Crippen LogP contribution in [0.25, 0.3) is 0 Å². The second-order valence-corrected chi connectivity index (χ2v) is 5.56. The summed E-state index contributed by atoms with van der Waals surface area (Å²) in [6, 6.07) is 11.4. The van der Waals surface area contributed by atoms with Gasteiger partial charge in [-0.05, 0) is 36.4 Å². The summed E-state index contributed by atoms with van der Waals surface area (Å²) < 4.78 is 20.8. The number of hydrogen-bond donors (Lipinski definition) is 0. The van der Waals surface area contributed by atoms with E-state index >= 15 is 0 Å². The molecule has 0 aromatic heterocycles. The Balaban J connectivity index is 2.24. The van der Waals surface area contributed by atoms with Gasteiger partial charge in [-0.3, -0.25) is 4.79 Å². The van der Waals surface area contributed by atoms with Crippen LogP contribution in [0.5, 0.6) is 17.2 Å². The summed E-state index contributed by atoms with van der Waals surface area (Å²) in [7, 11) is 6.17. The van der Waals surface area contributed by atoms with Crippen molar-refractivity contribution in [2.24, 2.45) is 0 Å². The van der Waals surface area contributed by atoms with Crippen molar-refractivity contribution >= 4 is 11.9 Å². The van der Waals surface area contributed by atoms with E-state index in [1.807, 2.05) is 0 Å². The van der Waals surface area contributed by atoms with Crippen molar-refractivity contribution in [3.05, 3.63) is 53.6 Å². The highest BCUT2D eigenvalue weighted by Gasteiger charge is 2.12. The average Bonchev–Trinajstić information content (AvgIpc) is 2.65. The first-order valence-corrected chi connectivity index (χ1v) is 7.79. The molecule has 0 saturated carbocycles. The van der Waals surface area contributed by atoms with E-state index in [-0.39, 0.29) is 18.3 Å². The lowest BCUT2D eigenvalue weighted by Gasteiger charge is -2.12. The monoisotopic (exact) mass is 359 g/mol. The van der Waals surface area contributed by atoms with Crippen LogP contribution in [0.4, 0.5) is 0 Å². The fourth-order valence-corrected chi connectivity index (χ4v) is 2.14. The van der Waals surface area contributed by atoms with Crippen LogP contribution in [-0.4, -0.2) is 51.9 Å². The first kappa shape index (κ1) is 19.3. The molecule has 0 fully saturated rings. The second kappa shape index (κ2) is 8.87. The Morgan fingerprint density at radius 1 is 0.885 bits per heavy atom. The van der Waals surface area contributed by atoms with Crippen molar-refractivity contribution in [2.75, 3.05) is 35.1 Å². The maximum absolute atomic E-state index is 11.9. The quantitative estimate of drug-likeness (QED) is 0.559. The molecular weight excluding hydrogens is 338 g/mol. The molecule has 0 aliphatic carbocycles. The van der Waals surface area contributed by atoms with Crippen LogP contribution < -0.4 is 9.47 Å². The van der Waals surface area contributed by atoms with E-state index in [1.165, 1.54) is 25.2 Å². The van der Waals surface area contributed by atoms with Gasteiger partial charge in [-0.25, -0.2) is 4.79 Å². The summed E-state index contributed by atoms with van der Waals surface area (Å²) in [4.78, 5) is 25.2. The van der Waals surface area contributed by atoms with Crippen molar-refractivity contribution in [1.82, 2.24) is 4.90 Å². The van der Waals surface area contributed by atoms with Crippen LogP contribution in [-0.2, 0) is 9.47 Å². The predicted octanol–water partition coefficient (Wildman–Crippen LogP) is 2.95. The summed E-state index contributed by atoms with van der Waals surface area (Å²) in [5.74, 6) is 0.707. The van der Waals surface area contributed by atoms with Gasteiger partial charge in [0.1, 0.15) is 17.2 Å². The summed E-state index contributed by atoms with van der Waals surface area (Å²) in [5.41, 5.74) is 0.838. The van der Waals surface area contributed by atoms with Gasteiger partial charge in [0, 0.05) is 32.8 Å². The van der Waals surface area contributed by atoms with Crippen LogP contribution in [0, 0.1) is 0 Å². The lowest BCUT2D eigenvalue weighted by atomic mass is 10.2. The van der Waals surface area contributed by atoms with E-state index < -0.39 is 5.97 Å². The largest absolute Gasteiger partial charge is 0.467 e. The summed E-state index contributed by atoms with van der Waals surface area (Å²) in [6.07, 6.45) is 0. The third kappa shape index (κ3) is 4.97. The maximum atomic E-state index is 11.9. The zero-order valence-corrected chi connectivity index (χ0v) is 15.1. The average molecular weight is 359 g/mol. The summed E-state index contributed by atoms with van der Waals surface area (Å²) >= 11 is 0. The van der Waals surface area contributed by atoms with Gasteiger partial charge in [0.15, 0.2) is 6.79 Å². The molecule has 2 aromatic carbocycles. The van der Waals surface area contributed by atoms with Crippen LogP contribution in [0.15, 0.2) is 42.5 Å². The SMILES string of the molecule is COCOc1cc(Oc2ccc(C(=O)N(C)C)cc2)cc(C(=O)OC)c1. The zero-order valence-electron chi connectivity index (χ0n) is 15.1. The molecule has 0 N–H and O–H groups in total. The molecule has 2 rings (SSSR count). The third-order valence-corrected chi connectivity index (χ3v) is 3.39. The molecule has 0 saturated heterocycles. The van der Waals surface area contributed by atoms with E-state index in [0.717, 1.165) is 0 Å². The minimum Gasteiger partial charge on any atom is -0.467 e. The molecule has 7 heteroatoms. The van der Waals surface area contributed by atoms with Gasteiger partial charge in [-0.2, -0.15) is 0 Å². The number of hydrogen-bond acceptors (Lipinski definition) is 6. The van der Waals surface area contributed by atoms with Crippen LogP contribution in [0.3, 0.4) is 0 Å². The van der Waals surface area contributed by atoms with Crippen molar-refractivity contribution in [3.8, 4) is 17.2 Å². The van der Waals surface area contributed by atoms with Gasteiger partial charge in [0.2, 0.25) is 0 Å². The Morgan fingerprint density at radius 3 is 2.12 bits per heavy atom. The normalized spacial score (nSPS) is 10.2. The molecule has 0 aliphatic rings. The molecule has 0 bridgehead atoms. The van der Waals surface area contributed by atoms with Gasteiger partial charge in [-0.15, -0.1) is 0 Å². The molecule has 0 radical (unpaired) electrons. The highest BCUT2D eigenvalue weighted by atomic mass is 16.7. The Morgan fingerprint density at radius 2 is 1.54 bits per heavy atom. The van der Waals surface area contributed by atoms with Crippen molar-refractivity contribution in [3.63, 3.8) is 0 Å². The molecule has 7 nitrogen and oxygen atoms in total. The lowest BCUT2D eigenvalue weighted by molar-refractivity contribution is 0.0502. The first-order chi connectivity index (χ1) is 12.4. The molecule has 138 valence electrons. The number of amides is 1. The minimum absolute atomic E-state index is 0.0331. The molecule has 0 unspecified atom stereocenters. The van der Waals surface area contributed by atoms with Gasteiger partial charge in [-0.1, -0.05) is 0 Å². The minimum atomic E-state index is -0.510. The van der Waals surface area contributed by atoms with Crippen LogP contribution >= 0.6 is 0 Å². The number of nitrogens with zero attached hydrogens (tertiary/aromatic N) is 1. The molecule has 0 aliphatic heterocycles. The van der Waals surface area contributed by atoms with E-state index in [0.29, 0.717) is 22.8 Å². The predicted molar refractivity (Wildman–Crippen MR) is 94.8 cm³/mol. The number of benzene rings is 2. The van der Waals surface area contributed by atoms with Crippen molar-refractivity contribution < 1.29 is 28.5 Å². The standard InChI is InChI=1S/C19H21NO6/c1-20(2)18(21)13-5-7-15(8-6-13)26-17-10-14(19(22)24-4)9-16(11-17)25-12-23-3/h5-11H,12H2,1-4H3. The van der Waals surface area contributed by atoms with E-state index in [1.54, 1.807) is 50.5 Å². The lowest BCUT2D eigenvalue weighted by Crippen LogP contribution is -2.21. The molecule has 2 aromatic rings. The summed E-state index contributed by atoms with van der Waals surface area (Å²) in [5, 5.41) is 0. The third-order valence-electron chi connectivity index (χ3n) is 3.39. The Kier molecular flexibility index (Phi) is 6.57. The van der Waals surface area contributed by atoms with Gasteiger partial charge in [0.25, 0.3) is 5.91 Å². The zero-order chi connectivity index (χ0) is 19.1.